The van der Waals surface area contributed by atoms with Crippen LogP contribution in [0.2, 0.25) is 0 Å². The number of carbonyl (C=O) groups excluding carboxylic acids is 1. The Kier molecular flexibility index (Phi) is 10.7. The van der Waals surface area contributed by atoms with Gasteiger partial charge in [-0.1, -0.05) is 62.4 Å². The first kappa shape index (κ1) is 27.5. The van der Waals surface area contributed by atoms with Crippen LogP contribution in [0, 0.1) is 5.92 Å². The molecule has 4 rings (SSSR count). The smallest absolute Gasteiger partial charge is 0.319 e. The molecule has 0 unspecified atom stereocenters. The van der Waals surface area contributed by atoms with E-state index in [1.807, 2.05) is 30.3 Å². The number of carbonyl (C=O) groups is 1. The van der Waals surface area contributed by atoms with E-state index >= 15 is 0 Å². The highest BCUT2D eigenvalue weighted by Gasteiger charge is 2.29. The summed E-state index contributed by atoms with van der Waals surface area (Å²) < 4.78 is 5.30. The number of para-hydroxylation sites is 1. The summed E-state index contributed by atoms with van der Waals surface area (Å²) in [6.45, 7) is 4.02. The van der Waals surface area contributed by atoms with Gasteiger partial charge in [0, 0.05) is 37.4 Å². The molecular weight excluding hydrogens is 460 g/mol. The summed E-state index contributed by atoms with van der Waals surface area (Å²) in [4.78, 5) is 17.8. The summed E-state index contributed by atoms with van der Waals surface area (Å²) in [6.07, 6.45) is 11.5. The summed E-state index contributed by atoms with van der Waals surface area (Å²) in [5.74, 6) is 1.69. The maximum atomic E-state index is 12.6. The third-order valence-electron chi connectivity index (χ3n) is 8.33. The molecule has 37 heavy (non-hydrogen) atoms. The van der Waals surface area contributed by atoms with Crippen LogP contribution in [0.1, 0.15) is 56.9 Å². The maximum absolute atomic E-state index is 12.6. The van der Waals surface area contributed by atoms with Gasteiger partial charge in [0.05, 0.1) is 7.11 Å². The number of likely N-dealkylation sites (tertiary alicyclic amines) is 1. The van der Waals surface area contributed by atoms with Gasteiger partial charge in [-0.2, -0.15) is 0 Å². The van der Waals surface area contributed by atoms with Crippen LogP contribution in [0.3, 0.4) is 0 Å². The Morgan fingerprint density at radius 2 is 1.78 bits per heavy atom. The number of nitrogens with zero attached hydrogens (tertiary/aromatic N) is 2. The quantitative estimate of drug-likeness (QED) is 0.382. The van der Waals surface area contributed by atoms with E-state index in [1.165, 1.54) is 63.5 Å². The molecule has 1 saturated carbocycles. The molecule has 0 radical (unpaired) electrons. The van der Waals surface area contributed by atoms with Crippen LogP contribution < -0.4 is 15.4 Å². The molecule has 2 aromatic rings. The minimum atomic E-state index is -0.116. The van der Waals surface area contributed by atoms with Gasteiger partial charge >= 0.3 is 6.03 Å². The average molecular weight is 507 g/mol. The van der Waals surface area contributed by atoms with E-state index in [1.54, 1.807) is 7.11 Å². The van der Waals surface area contributed by atoms with Crippen molar-refractivity contribution in [3.63, 3.8) is 0 Å². The lowest BCUT2D eigenvalue weighted by Gasteiger charge is -2.36. The monoisotopic (exact) mass is 506 g/mol. The molecule has 2 atom stereocenters. The van der Waals surface area contributed by atoms with Gasteiger partial charge < -0.3 is 20.3 Å². The van der Waals surface area contributed by atoms with Gasteiger partial charge in [0.25, 0.3) is 0 Å². The zero-order valence-electron chi connectivity index (χ0n) is 22.8. The van der Waals surface area contributed by atoms with Gasteiger partial charge in [0.1, 0.15) is 5.75 Å². The normalized spacial score (nSPS) is 19.6. The Morgan fingerprint density at radius 1 is 1.03 bits per heavy atom. The van der Waals surface area contributed by atoms with Crippen molar-refractivity contribution in [1.82, 2.24) is 15.1 Å². The molecule has 202 valence electrons. The molecule has 6 nitrogen and oxygen atoms in total. The van der Waals surface area contributed by atoms with Crippen molar-refractivity contribution in [3.05, 3.63) is 60.2 Å². The van der Waals surface area contributed by atoms with Gasteiger partial charge in [-0.3, -0.25) is 4.90 Å². The van der Waals surface area contributed by atoms with Crippen LogP contribution in [-0.2, 0) is 6.42 Å². The lowest BCUT2D eigenvalue weighted by atomic mass is 9.84. The predicted octanol–water partition coefficient (Wildman–Crippen LogP) is 5.79. The number of nitrogens with one attached hydrogen (secondary N) is 2. The lowest BCUT2D eigenvalue weighted by molar-refractivity contribution is 0.136. The van der Waals surface area contributed by atoms with Gasteiger partial charge in [0.2, 0.25) is 0 Å². The van der Waals surface area contributed by atoms with Gasteiger partial charge in [-0.25, -0.2) is 4.79 Å². The van der Waals surface area contributed by atoms with Crippen molar-refractivity contribution < 1.29 is 9.53 Å². The maximum Gasteiger partial charge on any atom is 0.319 e. The van der Waals surface area contributed by atoms with Crippen molar-refractivity contribution in [2.24, 2.45) is 5.92 Å². The first-order chi connectivity index (χ1) is 18.1. The molecule has 1 aliphatic carbocycles. The molecule has 0 bridgehead atoms. The summed E-state index contributed by atoms with van der Waals surface area (Å²) in [5.41, 5.74) is 2.19. The number of likely N-dealkylation sites (N-methyl/N-ethyl adjacent to an activating group) is 1. The van der Waals surface area contributed by atoms with Crippen molar-refractivity contribution in [2.45, 2.75) is 69.9 Å². The molecule has 6 heteroatoms. The largest absolute Gasteiger partial charge is 0.497 e. The van der Waals surface area contributed by atoms with Crippen LogP contribution in [-0.4, -0.2) is 68.3 Å². The second-order valence-corrected chi connectivity index (χ2v) is 11.0. The molecule has 2 aliphatic rings. The van der Waals surface area contributed by atoms with E-state index in [0.717, 1.165) is 36.9 Å². The standard InChI is InChI=1S/C31H46N4O2/c1-34(24-28-14-9-20-35(28)21-19-25-15-17-30(37-2)18-16-25)29(22-26-10-5-3-6-11-26)23-32-31(36)33-27-12-7-4-8-13-27/h4,7-8,12-13,15-18,26,28-29H,3,5-6,9-11,14,19-24H2,1-2H3,(H2,32,33,36)/t28-,29-/m1/s1. The topological polar surface area (TPSA) is 56.8 Å². The second-order valence-electron chi connectivity index (χ2n) is 11.0. The third-order valence-corrected chi connectivity index (χ3v) is 8.33. The fourth-order valence-electron chi connectivity index (χ4n) is 6.08. The van der Waals surface area contributed by atoms with Gasteiger partial charge in [-0.05, 0) is 75.0 Å². The number of methoxy groups -OCH3 is 1. The Labute approximate surface area is 223 Å². The number of anilines is 1. The summed E-state index contributed by atoms with van der Waals surface area (Å²) >= 11 is 0. The fourth-order valence-corrected chi connectivity index (χ4v) is 6.08. The molecule has 1 heterocycles. The Balaban J connectivity index is 1.31. The summed E-state index contributed by atoms with van der Waals surface area (Å²) in [5, 5.41) is 6.15. The minimum absolute atomic E-state index is 0.116. The summed E-state index contributed by atoms with van der Waals surface area (Å²) in [7, 11) is 3.98. The van der Waals surface area contributed by atoms with Gasteiger partial charge in [0.15, 0.2) is 0 Å². The molecule has 1 aliphatic heterocycles. The Hall–Kier alpha value is -2.57. The third kappa shape index (κ3) is 8.75. The number of amides is 2. The van der Waals surface area contributed by atoms with Crippen LogP contribution in [0.5, 0.6) is 5.75 Å². The van der Waals surface area contributed by atoms with Crippen molar-refractivity contribution in [2.75, 3.05) is 45.7 Å². The number of hydrogen-bond donors (Lipinski definition) is 2. The SMILES string of the molecule is COc1ccc(CCN2CCC[C@@H]2CN(C)[C@@H](CNC(=O)Nc2ccccc2)CC2CCCCC2)cc1. The molecule has 2 N–H and O–H groups in total. The van der Waals surface area contributed by atoms with Crippen LogP contribution >= 0.6 is 0 Å². The van der Waals surface area contributed by atoms with Crippen molar-refractivity contribution in [3.8, 4) is 5.75 Å². The average Bonchev–Trinajstić information content (AvgIpc) is 3.38. The van der Waals surface area contributed by atoms with Crippen LogP contribution in [0.4, 0.5) is 10.5 Å². The van der Waals surface area contributed by atoms with E-state index < -0.39 is 0 Å². The number of rotatable bonds is 12. The Morgan fingerprint density at radius 3 is 2.51 bits per heavy atom. The van der Waals surface area contributed by atoms with E-state index in [4.69, 9.17) is 4.74 Å². The highest BCUT2D eigenvalue weighted by atomic mass is 16.5. The lowest BCUT2D eigenvalue weighted by Crippen LogP contribution is -2.48. The zero-order chi connectivity index (χ0) is 25.9. The minimum Gasteiger partial charge on any atom is -0.497 e. The van der Waals surface area contributed by atoms with Crippen LogP contribution in [0.25, 0.3) is 0 Å². The van der Waals surface area contributed by atoms with E-state index in [0.29, 0.717) is 18.6 Å². The molecule has 2 aromatic carbocycles. The van der Waals surface area contributed by atoms with E-state index in [9.17, 15) is 4.79 Å². The number of hydrogen-bond acceptors (Lipinski definition) is 4. The zero-order valence-corrected chi connectivity index (χ0v) is 22.8. The molecule has 2 fully saturated rings. The van der Waals surface area contributed by atoms with Gasteiger partial charge in [-0.15, -0.1) is 0 Å². The number of urea groups is 1. The first-order valence-corrected chi connectivity index (χ1v) is 14.3. The number of benzene rings is 2. The summed E-state index contributed by atoms with van der Waals surface area (Å²) in [6, 6.07) is 19.0. The molecule has 1 saturated heterocycles. The van der Waals surface area contributed by atoms with E-state index in [2.05, 4.69) is 51.7 Å². The first-order valence-electron chi connectivity index (χ1n) is 14.3. The molecule has 2 amide bonds. The van der Waals surface area contributed by atoms with Crippen molar-refractivity contribution in [1.29, 1.82) is 0 Å². The van der Waals surface area contributed by atoms with Crippen molar-refractivity contribution >= 4 is 11.7 Å². The fraction of sp³-hybridized carbons (Fsp3) is 0.581. The second kappa shape index (κ2) is 14.4. The van der Waals surface area contributed by atoms with Crippen LogP contribution in [0.15, 0.2) is 54.6 Å². The molecular formula is C31H46N4O2. The van der Waals surface area contributed by atoms with E-state index in [-0.39, 0.29) is 6.03 Å². The Bertz CT molecular complexity index is 930. The highest BCUT2D eigenvalue weighted by Crippen LogP contribution is 2.29. The molecule has 0 spiro atoms. The highest BCUT2D eigenvalue weighted by molar-refractivity contribution is 5.89. The molecule has 0 aromatic heterocycles. The predicted molar refractivity (Wildman–Crippen MR) is 152 cm³/mol. The number of ether oxygens (including phenoxy) is 1.